The summed E-state index contributed by atoms with van der Waals surface area (Å²) in [5, 5.41) is 3.19. The number of nitrogens with zero attached hydrogens (tertiary/aromatic N) is 1. The van der Waals surface area contributed by atoms with Crippen molar-refractivity contribution >= 4 is 0 Å². The van der Waals surface area contributed by atoms with Gasteiger partial charge in [-0.05, 0) is 19.8 Å². The fourth-order valence-electron chi connectivity index (χ4n) is 1.60. The minimum Gasteiger partial charge on any atom is -0.299 e. The highest BCUT2D eigenvalue weighted by molar-refractivity contribution is 5.15. The standard InChI is InChI=1S/C11H20N2O/c1-4-6-8-13-11(14)9(3)10(12-13)7-5-2/h12H,4-8H2,1-3H3. The van der Waals surface area contributed by atoms with Gasteiger partial charge in [-0.2, -0.15) is 0 Å². The number of unbranched alkanes of at least 4 members (excludes halogenated alkanes) is 1. The monoisotopic (exact) mass is 196 g/mol. The molecule has 14 heavy (non-hydrogen) atoms. The molecule has 0 aliphatic carbocycles. The van der Waals surface area contributed by atoms with Crippen LogP contribution in [0.15, 0.2) is 4.79 Å². The fourth-order valence-corrected chi connectivity index (χ4v) is 1.60. The molecule has 0 spiro atoms. The molecule has 1 aromatic rings. The summed E-state index contributed by atoms with van der Waals surface area (Å²) in [6.45, 7) is 6.99. The largest absolute Gasteiger partial charge is 0.299 e. The molecular formula is C11H20N2O. The van der Waals surface area contributed by atoms with Gasteiger partial charge in [-0.25, -0.2) is 0 Å². The van der Waals surface area contributed by atoms with E-state index in [0.717, 1.165) is 43.5 Å². The van der Waals surface area contributed by atoms with E-state index in [1.165, 1.54) is 0 Å². The van der Waals surface area contributed by atoms with Crippen LogP contribution in [0.25, 0.3) is 0 Å². The van der Waals surface area contributed by atoms with E-state index in [2.05, 4.69) is 18.9 Å². The lowest BCUT2D eigenvalue weighted by atomic mass is 10.2. The Morgan fingerprint density at radius 1 is 1.29 bits per heavy atom. The van der Waals surface area contributed by atoms with Crippen LogP contribution >= 0.6 is 0 Å². The molecule has 0 fully saturated rings. The van der Waals surface area contributed by atoms with Crippen molar-refractivity contribution in [3.63, 3.8) is 0 Å². The second-order valence-electron chi connectivity index (χ2n) is 3.78. The highest BCUT2D eigenvalue weighted by Gasteiger charge is 2.07. The molecule has 0 amide bonds. The third-order valence-corrected chi connectivity index (χ3v) is 2.52. The van der Waals surface area contributed by atoms with Crippen molar-refractivity contribution in [3.8, 4) is 0 Å². The maximum Gasteiger partial charge on any atom is 0.269 e. The van der Waals surface area contributed by atoms with Crippen molar-refractivity contribution < 1.29 is 0 Å². The van der Waals surface area contributed by atoms with E-state index < -0.39 is 0 Å². The van der Waals surface area contributed by atoms with Crippen molar-refractivity contribution in [2.75, 3.05) is 0 Å². The van der Waals surface area contributed by atoms with Crippen LogP contribution in [0.2, 0.25) is 0 Å². The molecule has 0 atom stereocenters. The van der Waals surface area contributed by atoms with E-state index in [9.17, 15) is 4.79 Å². The van der Waals surface area contributed by atoms with E-state index in [1.54, 1.807) is 4.68 Å². The summed E-state index contributed by atoms with van der Waals surface area (Å²) in [6, 6.07) is 0. The van der Waals surface area contributed by atoms with Crippen molar-refractivity contribution in [2.45, 2.75) is 53.0 Å². The number of hydrogen-bond donors (Lipinski definition) is 1. The Labute approximate surface area is 85.1 Å². The summed E-state index contributed by atoms with van der Waals surface area (Å²) in [4.78, 5) is 11.7. The second-order valence-corrected chi connectivity index (χ2v) is 3.78. The minimum absolute atomic E-state index is 0.155. The van der Waals surface area contributed by atoms with Gasteiger partial charge >= 0.3 is 0 Å². The van der Waals surface area contributed by atoms with Gasteiger partial charge in [0.15, 0.2) is 0 Å². The van der Waals surface area contributed by atoms with Crippen molar-refractivity contribution in [1.29, 1.82) is 0 Å². The van der Waals surface area contributed by atoms with E-state index in [4.69, 9.17) is 0 Å². The zero-order valence-electron chi connectivity index (χ0n) is 9.39. The molecule has 1 heterocycles. The van der Waals surface area contributed by atoms with Crippen LogP contribution in [0.5, 0.6) is 0 Å². The van der Waals surface area contributed by atoms with Gasteiger partial charge in [0.25, 0.3) is 5.56 Å². The van der Waals surface area contributed by atoms with Crippen LogP contribution in [-0.4, -0.2) is 9.78 Å². The molecule has 0 saturated carbocycles. The van der Waals surface area contributed by atoms with Crippen LogP contribution in [0.1, 0.15) is 44.4 Å². The van der Waals surface area contributed by atoms with Gasteiger partial charge in [-0.15, -0.1) is 0 Å². The highest BCUT2D eigenvalue weighted by Crippen LogP contribution is 2.03. The predicted octanol–water partition coefficient (Wildman–Crippen LogP) is 2.24. The molecule has 0 bridgehead atoms. The van der Waals surface area contributed by atoms with Gasteiger partial charge in [0.05, 0.1) is 0 Å². The Hall–Kier alpha value is -0.990. The Morgan fingerprint density at radius 3 is 2.57 bits per heavy atom. The smallest absolute Gasteiger partial charge is 0.269 e. The van der Waals surface area contributed by atoms with Gasteiger partial charge in [0.2, 0.25) is 0 Å². The summed E-state index contributed by atoms with van der Waals surface area (Å²) in [5.41, 5.74) is 2.15. The summed E-state index contributed by atoms with van der Waals surface area (Å²) in [6.07, 6.45) is 4.23. The lowest BCUT2D eigenvalue weighted by Crippen LogP contribution is -2.17. The molecule has 0 radical (unpaired) electrons. The molecule has 0 unspecified atom stereocenters. The third-order valence-electron chi connectivity index (χ3n) is 2.52. The van der Waals surface area contributed by atoms with E-state index >= 15 is 0 Å². The van der Waals surface area contributed by atoms with E-state index in [-0.39, 0.29) is 5.56 Å². The second kappa shape index (κ2) is 5.03. The topological polar surface area (TPSA) is 37.8 Å². The van der Waals surface area contributed by atoms with Gasteiger partial charge in [0.1, 0.15) is 0 Å². The zero-order valence-corrected chi connectivity index (χ0v) is 9.39. The van der Waals surface area contributed by atoms with Crippen molar-refractivity contribution in [3.05, 3.63) is 21.6 Å². The minimum atomic E-state index is 0.155. The normalized spacial score (nSPS) is 10.8. The molecule has 1 N–H and O–H groups in total. The number of rotatable bonds is 5. The SMILES string of the molecule is CCCCn1[nH]c(CCC)c(C)c1=O. The maximum atomic E-state index is 11.7. The molecule has 0 aliphatic rings. The number of aryl methyl sites for hydroxylation is 2. The number of H-pyrrole nitrogens is 1. The molecule has 0 aromatic carbocycles. The molecule has 0 saturated heterocycles. The van der Waals surface area contributed by atoms with Crippen molar-refractivity contribution in [1.82, 2.24) is 9.78 Å². The molecule has 1 aromatic heterocycles. The first-order valence-corrected chi connectivity index (χ1v) is 5.49. The lowest BCUT2D eigenvalue weighted by molar-refractivity contribution is 0.550. The van der Waals surface area contributed by atoms with Crippen LogP contribution in [-0.2, 0) is 13.0 Å². The van der Waals surface area contributed by atoms with E-state index in [1.807, 2.05) is 6.92 Å². The molecule has 1 rings (SSSR count). The number of aromatic amines is 1. The van der Waals surface area contributed by atoms with Gasteiger partial charge in [-0.1, -0.05) is 26.7 Å². The van der Waals surface area contributed by atoms with Crippen LogP contribution in [0.3, 0.4) is 0 Å². The first-order valence-electron chi connectivity index (χ1n) is 5.49. The average Bonchev–Trinajstić information content (AvgIpc) is 2.44. The molecule has 0 aliphatic heterocycles. The van der Waals surface area contributed by atoms with Gasteiger partial charge in [0, 0.05) is 17.8 Å². The zero-order chi connectivity index (χ0) is 10.6. The number of hydrogen-bond acceptors (Lipinski definition) is 1. The highest BCUT2D eigenvalue weighted by atomic mass is 16.1. The Bertz CT molecular complexity index is 336. The summed E-state index contributed by atoms with van der Waals surface area (Å²) >= 11 is 0. The van der Waals surface area contributed by atoms with Crippen molar-refractivity contribution in [2.24, 2.45) is 0 Å². The first kappa shape index (κ1) is 11.1. The molecular weight excluding hydrogens is 176 g/mol. The lowest BCUT2D eigenvalue weighted by Gasteiger charge is -1.99. The van der Waals surface area contributed by atoms with Gasteiger partial charge < -0.3 is 0 Å². The molecule has 3 nitrogen and oxygen atoms in total. The molecule has 80 valence electrons. The van der Waals surface area contributed by atoms with Crippen LogP contribution in [0.4, 0.5) is 0 Å². The van der Waals surface area contributed by atoms with E-state index in [0.29, 0.717) is 0 Å². The Balaban J connectivity index is 2.85. The number of nitrogens with one attached hydrogen (secondary N) is 1. The summed E-state index contributed by atoms with van der Waals surface area (Å²) in [5.74, 6) is 0. The Kier molecular flexibility index (Phi) is 3.98. The Morgan fingerprint density at radius 2 is 2.00 bits per heavy atom. The quantitative estimate of drug-likeness (QED) is 0.770. The summed E-state index contributed by atoms with van der Waals surface area (Å²) < 4.78 is 1.74. The average molecular weight is 196 g/mol. The van der Waals surface area contributed by atoms with Gasteiger partial charge in [-0.3, -0.25) is 14.6 Å². The van der Waals surface area contributed by atoms with Crippen LogP contribution in [0, 0.1) is 6.92 Å². The first-order chi connectivity index (χ1) is 6.70. The fraction of sp³-hybridized carbons (Fsp3) is 0.727. The molecule has 3 heteroatoms. The summed E-state index contributed by atoms with van der Waals surface area (Å²) in [7, 11) is 0. The number of aromatic nitrogens is 2. The van der Waals surface area contributed by atoms with Crippen LogP contribution < -0.4 is 5.56 Å². The third kappa shape index (κ3) is 2.28. The predicted molar refractivity (Wildman–Crippen MR) is 58.7 cm³/mol. The maximum absolute atomic E-state index is 11.7.